The lowest BCUT2D eigenvalue weighted by Gasteiger charge is -2.15. The topological polar surface area (TPSA) is 85.6 Å². The van der Waals surface area contributed by atoms with Gasteiger partial charge in [0.25, 0.3) is 5.91 Å². The third-order valence-electron chi connectivity index (χ3n) is 3.66. The number of carbonyl (C=O) groups excluding carboxylic acids is 3. The normalized spacial score (nSPS) is 12.0. The first-order valence-corrected chi connectivity index (χ1v) is 7.93. The molecule has 1 aromatic carbocycles. The number of nitrogens with one attached hydrogen (secondary N) is 1. The summed E-state index contributed by atoms with van der Waals surface area (Å²) in [5.74, 6) is -1.30. The molecule has 1 N–H and O–H groups in total. The van der Waals surface area contributed by atoms with E-state index in [1.807, 2.05) is 25.1 Å². The summed E-state index contributed by atoms with van der Waals surface area (Å²) in [6.45, 7) is 5.22. The maximum atomic E-state index is 12.5. The van der Waals surface area contributed by atoms with Gasteiger partial charge in [-0.3, -0.25) is 9.59 Å². The van der Waals surface area contributed by atoms with E-state index in [1.54, 1.807) is 6.92 Å². The van der Waals surface area contributed by atoms with Crippen LogP contribution in [0, 0.1) is 0 Å². The molecule has 6 heteroatoms. The van der Waals surface area contributed by atoms with Crippen LogP contribution >= 0.6 is 0 Å². The molecule has 2 rings (SSSR count). The summed E-state index contributed by atoms with van der Waals surface area (Å²) in [6, 6.07) is 4.63. The zero-order valence-corrected chi connectivity index (χ0v) is 14.0. The number of fused-ring (bicyclic) bond motifs is 1. The minimum absolute atomic E-state index is 0.111. The van der Waals surface area contributed by atoms with Crippen molar-refractivity contribution < 1.29 is 23.5 Å². The molecule has 0 spiro atoms. The van der Waals surface area contributed by atoms with Gasteiger partial charge in [0.05, 0.1) is 12.2 Å². The third kappa shape index (κ3) is 4.01. The highest BCUT2D eigenvalue weighted by Gasteiger charge is 2.25. The van der Waals surface area contributed by atoms with Crippen molar-refractivity contribution in [2.45, 2.75) is 39.7 Å². The number of ketones is 1. The summed E-state index contributed by atoms with van der Waals surface area (Å²) < 4.78 is 10.3. The molecule has 0 saturated carbocycles. The Labute approximate surface area is 140 Å². The molecule has 128 valence electrons. The Hall–Kier alpha value is -2.63. The molecule has 2 aromatic rings. The van der Waals surface area contributed by atoms with Gasteiger partial charge in [-0.2, -0.15) is 0 Å². The van der Waals surface area contributed by atoms with Crippen LogP contribution in [0.25, 0.3) is 11.0 Å². The molecule has 0 aliphatic carbocycles. The number of carbonyl (C=O) groups is 3. The van der Waals surface area contributed by atoms with Crippen molar-refractivity contribution in [1.29, 1.82) is 0 Å². The first-order chi connectivity index (χ1) is 11.5. The molecule has 1 aromatic heterocycles. The monoisotopic (exact) mass is 331 g/mol. The first kappa shape index (κ1) is 17.7. The maximum absolute atomic E-state index is 12.5. The van der Waals surface area contributed by atoms with Gasteiger partial charge in [0.15, 0.2) is 0 Å². The number of hydrogen-bond acceptors (Lipinski definition) is 5. The third-order valence-corrected chi connectivity index (χ3v) is 3.66. The highest BCUT2D eigenvalue weighted by Crippen LogP contribution is 2.23. The maximum Gasteiger partial charge on any atom is 0.329 e. The van der Waals surface area contributed by atoms with E-state index in [1.165, 1.54) is 13.2 Å². The van der Waals surface area contributed by atoms with Crippen LogP contribution in [-0.2, 0) is 20.7 Å². The van der Waals surface area contributed by atoms with Crippen LogP contribution in [0.5, 0.6) is 0 Å². The number of Topliss-reactive ketones (excluding diaryl/α,β-unsaturated/α-hetero) is 1. The van der Waals surface area contributed by atoms with E-state index in [2.05, 4.69) is 5.32 Å². The van der Waals surface area contributed by atoms with Gasteiger partial charge in [-0.05, 0) is 38.0 Å². The summed E-state index contributed by atoms with van der Waals surface area (Å²) in [5.41, 5.74) is 2.00. The molecule has 0 aliphatic rings. The fraction of sp³-hybridized carbons (Fsp3) is 0.389. The zero-order valence-electron chi connectivity index (χ0n) is 14.0. The van der Waals surface area contributed by atoms with Gasteiger partial charge < -0.3 is 14.5 Å². The number of aryl methyl sites for hydroxylation is 1. The molecule has 0 aliphatic heterocycles. The van der Waals surface area contributed by atoms with Crippen molar-refractivity contribution in [3.8, 4) is 0 Å². The minimum atomic E-state index is -1.01. The van der Waals surface area contributed by atoms with Crippen LogP contribution in [-0.4, -0.2) is 30.3 Å². The van der Waals surface area contributed by atoms with Crippen molar-refractivity contribution >= 4 is 28.6 Å². The van der Waals surface area contributed by atoms with Crippen LogP contribution in [0.15, 0.2) is 28.9 Å². The Morgan fingerprint density at radius 1 is 1.25 bits per heavy atom. The Bertz CT molecular complexity index is 762. The fourth-order valence-corrected chi connectivity index (χ4v) is 2.43. The minimum Gasteiger partial charge on any atom is -0.464 e. The highest BCUT2D eigenvalue weighted by atomic mass is 16.5. The van der Waals surface area contributed by atoms with Crippen LogP contribution < -0.4 is 5.32 Å². The lowest BCUT2D eigenvalue weighted by molar-refractivity contribution is -0.146. The van der Waals surface area contributed by atoms with Gasteiger partial charge >= 0.3 is 5.97 Å². The summed E-state index contributed by atoms with van der Waals surface area (Å²) in [4.78, 5) is 35.8. The number of rotatable bonds is 7. The van der Waals surface area contributed by atoms with Gasteiger partial charge in [0.2, 0.25) is 0 Å². The highest BCUT2D eigenvalue weighted by molar-refractivity contribution is 6.07. The summed E-state index contributed by atoms with van der Waals surface area (Å²) in [7, 11) is 0. The van der Waals surface area contributed by atoms with E-state index in [4.69, 9.17) is 9.15 Å². The Morgan fingerprint density at radius 3 is 2.62 bits per heavy atom. The predicted octanol–water partition coefficient (Wildman–Crippen LogP) is 2.64. The Kier molecular flexibility index (Phi) is 5.73. The van der Waals surface area contributed by atoms with Crippen molar-refractivity contribution in [2.75, 3.05) is 6.61 Å². The van der Waals surface area contributed by atoms with E-state index in [9.17, 15) is 14.4 Å². The lowest BCUT2D eigenvalue weighted by Crippen LogP contribution is -2.43. The van der Waals surface area contributed by atoms with Crippen molar-refractivity contribution in [1.82, 2.24) is 5.32 Å². The molecular formula is C18H21NO5. The molecule has 24 heavy (non-hydrogen) atoms. The van der Waals surface area contributed by atoms with E-state index in [0.717, 1.165) is 12.0 Å². The van der Waals surface area contributed by atoms with Gasteiger partial charge in [-0.1, -0.05) is 13.0 Å². The quantitative estimate of drug-likeness (QED) is 0.788. The molecule has 1 atom stereocenters. The molecule has 0 unspecified atom stereocenters. The van der Waals surface area contributed by atoms with Crippen LogP contribution in [0.2, 0.25) is 0 Å². The van der Waals surface area contributed by atoms with Crippen LogP contribution in [0.3, 0.4) is 0 Å². The van der Waals surface area contributed by atoms with E-state index >= 15 is 0 Å². The molecule has 0 bridgehead atoms. The number of hydrogen-bond donors (Lipinski definition) is 1. The molecule has 0 fully saturated rings. The largest absolute Gasteiger partial charge is 0.464 e. The van der Waals surface area contributed by atoms with Crippen molar-refractivity contribution in [3.05, 3.63) is 35.6 Å². The second kappa shape index (κ2) is 7.77. The van der Waals surface area contributed by atoms with E-state index in [0.29, 0.717) is 16.5 Å². The number of furan rings is 1. The molecular weight excluding hydrogens is 310 g/mol. The number of ether oxygens (including phenoxy) is 1. The average molecular weight is 331 g/mol. The van der Waals surface area contributed by atoms with Crippen molar-refractivity contribution in [3.63, 3.8) is 0 Å². The van der Waals surface area contributed by atoms with Crippen LogP contribution in [0.4, 0.5) is 0 Å². The predicted molar refractivity (Wildman–Crippen MR) is 88.8 cm³/mol. The first-order valence-electron chi connectivity index (χ1n) is 7.93. The van der Waals surface area contributed by atoms with Crippen LogP contribution in [0.1, 0.15) is 43.1 Å². The zero-order chi connectivity index (χ0) is 17.7. The Balaban J connectivity index is 2.26. The summed E-state index contributed by atoms with van der Waals surface area (Å²) in [6.07, 6.45) is 2.08. The van der Waals surface area contributed by atoms with Crippen molar-refractivity contribution in [2.24, 2.45) is 0 Å². The summed E-state index contributed by atoms with van der Waals surface area (Å²) in [5, 5.41) is 3.25. The lowest BCUT2D eigenvalue weighted by atomic mass is 10.1. The molecule has 6 nitrogen and oxygen atoms in total. The number of amides is 1. The molecule has 0 radical (unpaired) electrons. The van der Waals surface area contributed by atoms with Gasteiger partial charge in [-0.15, -0.1) is 0 Å². The second-order valence-electron chi connectivity index (χ2n) is 5.52. The van der Waals surface area contributed by atoms with E-state index in [-0.39, 0.29) is 18.8 Å². The van der Waals surface area contributed by atoms with Gasteiger partial charge in [0.1, 0.15) is 23.7 Å². The number of benzene rings is 1. The fourth-order valence-electron chi connectivity index (χ4n) is 2.43. The second-order valence-corrected chi connectivity index (χ2v) is 5.52. The number of esters is 1. The standard InChI is InChI=1S/C18H21NO5/c1-4-12-6-7-16-13(9-12)14(10-24-16)17(21)19-15(8-11(3)20)18(22)23-5-2/h6-7,9-10,15H,4-5,8H2,1-3H3,(H,19,21)/t15-/m0/s1. The summed E-state index contributed by atoms with van der Waals surface area (Å²) >= 11 is 0. The Morgan fingerprint density at radius 2 is 2.00 bits per heavy atom. The SMILES string of the molecule is CCOC(=O)[C@H](CC(C)=O)NC(=O)c1coc2ccc(CC)cc12. The van der Waals surface area contributed by atoms with Gasteiger partial charge in [-0.25, -0.2) is 4.79 Å². The molecule has 1 heterocycles. The average Bonchev–Trinajstić information content (AvgIpc) is 2.96. The van der Waals surface area contributed by atoms with Gasteiger partial charge in [0, 0.05) is 11.8 Å². The molecule has 1 amide bonds. The molecule has 0 saturated heterocycles. The van der Waals surface area contributed by atoms with E-state index < -0.39 is 17.9 Å². The smallest absolute Gasteiger partial charge is 0.329 e.